The molecule has 100 valence electrons. The Kier molecular flexibility index (Phi) is 18.8. The molecule has 0 aromatic rings. The van der Waals surface area contributed by atoms with Gasteiger partial charge < -0.3 is 10.2 Å². The fourth-order valence-electron chi connectivity index (χ4n) is 1.23. The first kappa shape index (κ1) is 18.4. The minimum Gasteiger partial charge on any atom is -0.481 e. The molecule has 0 aromatic carbocycles. The molecule has 0 aliphatic heterocycles. The third-order valence-corrected chi connectivity index (χ3v) is 2.02. The number of hydrogen-bond donors (Lipinski definition) is 2. The van der Waals surface area contributed by atoms with Crippen molar-refractivity contribution in [2.24, 2.45) is 0 Å². The Morgan fingerprint density at radius 3 is 2.00 bits per heavy atom. The average Bonchev–Trinajstić information content (AvgIpc) is 2.26. The summed E-state index contributed by atoms with van der Waals surface area (Å²) < 4.78 is 0. The summed E-state index contributed by atoms with van der Waals surface area (Å²) in [6, 6.07) is 0. The van der Waals surface area contributed by atoms with Crippen molar-refractivity contribution < 1.29 is 15.0 Å². The summed E-state index contributed by atoms with van der Waals surface area (Å²) >= 11 is 0. The third kappa shape index (κ3) is 31.3. The Hall–Kier alpha value is -1.01. The average molecular weight is 242 g/mol. The smallest absolute Gasteiger partial charge is 0.300 e. The van der Waals surface area contributed by atoms with E-state index in [1.54, 1.807) is 0 Å². The lowest BCUT2D eigenvalue weighted by Crippen LogP contribution is -1.79. The monoisotopic (exact) mass is 242 g/mol. The SMILES string of the molecule is CC(=O)O.CCCCCCCCC#CCCO. The van der Waals surface area contributed by atoms with E-state index in [2.05, 4.69) is 18.8 Å². The lowest BCUT2D eigenvalue weighted by Gasteiger charge is -1.96. The largest absolute Gasteiger partial charge is 0.481 e. The van der Waals surface area contributed by atoms with Crippen molar-refractivity contribution in [1.29, 1.82) is 0 Å². The molecular weight excluding hydrogens is 216 g/mol. The molecule has 3 heteroatoms. The number of hydrogen-bond acceptors (Lipinski definition) is 2. The van der Waals surface area contributed by atoms with Gasteiger partial charge in [0.25, 0.3) is 5.97 Å². The minimum atomic E-state index is -0.833. The molecular formula is C14H26O3. The highest BCUT2D eigenvalue weighted by Crippen LogP contribution is 2.05. The molecule has 0 aliphatic rings. The highest BCUT2D eigenvalue weighted by molar-refractivity contribution is 5.62. The second-order valence-corrected chi connectivity index (χ2v) is 3.86. The van der Waals surface area contributed by atoms with E-state index in [0.717, 1.165) is 13.3 Å². The van der Waals surface area contributed by atoms with E-state index in [1.807, 2.05) is 0 Å². The van der Waals surface area contributed by atoms with Crippen LogP contribution in [0.3, 0.4) is 0 Å². The van der Waals surface area contributed by atoms with Gasteiger partial charge in [-0.1, -0.05) is 39.0 Å². The van der Waals surface area contributed by atoms with Gasteiger partial charge in [0.15, 0.2) is 0 Å². The molecule has 0 spiro atoms. The van der Waals surface area contributed by atoms with E-state index >= 15 is 0 Å². The maximum Gasteiger partial charge on any atom is 0.300 e. The Labute approximate surface area is 105 Å². The highest BCUT2D eigenvalue weighted by Gasteiger charge is 1.87. The molecule has 0 fully saturated rings. The van der Waals surface area contributed by atoms with Crippen LogP contribution in [-0.2, 0) is 4.79 Å². The number of aliphatic hydroxyl groups excluding tert-OH is 1. The summed E-state index contributed by atoms with van der Waals surface area (Å²) in [6.45, 7) is 3.52. The first-order chi connectivity index (χ1) is 8.15. The van der Waals surface area contributed by atoms with Crippen LogP contribution in [0.15, 0.2) is 0 Å². The van der Waals surface area contributed by atoms with E-state index in [1.165, 1.54) is 38.5 Å². The van der Waals surface area contributed by atoms with Crippen molar-refractivity contribution in [2.75, 3.05) is 6.61 Å². The van der Waals surface area contributed by atoms with Crippen molar-refractivity contribution in [1.82, 2.24) is 0 Å². The molecule has 0 heterocycles. The van der Waals surface area contributed by atoms with Crippen LogP contribution in [0.2, 0.25) is 0 Å². The predicted molar refractivity (Wildman–Crippen MR) is 70.8 cm³/mol. The number of carboxylic acids is 1. The number of carboxylic acid groups (broad SMARTS) is 1. The first-order valence-corrected chi connectivity index (χ1v) is 6.41. The van der Waals surface area contributed by atoms with E-state index in [9.17, 15) is 0 Å². The summed E-state index contributed by atoms with van der Waals surface area (Å²) in [7, 11) is 0. The van der Waals surface area contributed by atoms with Crippen LogP contribution in [-0.4, -0.2) is 22.8 Å². The Bertz CT molecular complexity index is 209. The van der Waals surface area contributed by atoms with E-state index in [-0.39, 0.29) is 6.61 Å². The second kappa shape index (κ2) is 17.4. The van der Waals surface area contributed by atoms with Gasteiger partial charge in [-0.15, -0.1) is 11.8 Å². The van der Waals surface area contributed by atoms with Gasteiger partial charge in [0.2, 0.25) is 0 Å². The van der Waals surface area contributed by atoms with Crippen molar-refractivity contribution in [3.05, 3.63) is 0 Å². The van der Waals surface area contributed by atoms with Crippen LogP contribution in [0.25, 0.3) is 0 Å². The van der Waals surface area contributed by atoms with Crippen LogP contribution in [0.1, 0.15) is 65.2 Å². The van der Waals surface area contributed by atoms with Gasteiger partial charge in [-0.05, 0) is 6.42 Å². The maximum absolute atomic E-state index is 9.00. The number of aliphatic carboxylic acids is 1. The predicted octanol–water partition coefficient (Wildman–Crippen LogP) is 3.21. The van der Waals surface area contributed by atoms with Gasteiger partial charge in [-0.3, -0.25) is 4.79 Å². The normalized spacial score (nSPS) is 8.65. The molecule has 0 radical (unpaired) electrons. The summed E-state index contributed by atoms with van der Waals surface area (Å²) in [4.78, 5) is 9.00. The van der Waals surface area contributed by atoms with Gasteiger partial charge in [0, 0.05) is 19.8 Å². The minimum absolute atomic E-state index is 0.198. The van der Waals surface area contributed by atoms with E-state index < -0.39 is 5.97 Å². The van der Waals surface area contributed by atoms with Crippen molar-refractivity contribution in [3.63, 3.8) is 0 Å². The van der Waals surface area contributed by atoms with Gasteiger partial charge in [0.1, 0.15) is 0 Å². The maximum atomic E-state index is 9.00. The Morgan fingerprint density at radius 2 is 1.47 bits per heavy atom. The quantitative estimate of drug-likeness (QED) is 0.532. The lowest BCUT2D eigenvalue weighted by molar-refractivity contribution is -0.134. The van der Waals surface area contributed by atoms with Crippen LogP contribution in [0.5, 0.6) is 0 Å². The number of rotatable bonds is 7. The molecule has 0 aliphatic carbocycles. The molecule has 0 aromatic heterocycles. The van der Waals surface area contributed by atoms with Gasteiger partial charge >= 0.3 is 0 Å². The molecule has 0 bridgehead atoms. The zero-order valence-corrected chi connectivity index (χ0v) is 11.2. The zero-order chi connectivity index (χ0) is 13.4. The number of unbranched alkanes of at least 4 members (excludes halogenated alkanes) is 6. The number of aliphatic hydroxyl groups is 1. The molecule has 0 saturated heterocycles. The molecule has 0 saturated carbocycles. The standard InChI is InChI=1S/C12H22O.C2H4O2/c1-2-3-4-5-6-7-8-9-10-11-12-13;1-2(3)4/h13H,2-8,11-12H2,1H3;1H3,(H,3,4). The van der Waals surface area contributed by atoms with E-state index in [0.29, 0.717) is 6.42 Å². The van der Waals surface area contributed by atoms with Crippen LogP contribution < -0.4 is 0 Å². The van der Waals surface area contributed by atoms with Crippen LogP contribution >= 0.6 is 0 Å². The summed E-state index contributed by atoms with van der Waals surface area (Å²) in [5, 5.41) is 15.9. The summed E-state index contributed by atoms with van der Waals surface area (Å²) in [5.41, 5.74) is 0. The van der Waals surface area contributed by atoms with Crippen LogP contribution in [0.4, 0.5) is 0 Å². The molecule has 3 nitrogen and oxygen atoms in total. The molecule has 2 N–H and O–H groups in total. The molecule has 0 unspecified atom stereocenters. The Morgan fingerprint density at radius 1 is 1.00 bits per heavy atom. The fourth-order valence-corrected chi connectivity index (χ4v) is 1.23. The number of carbonyl (C=O) groups is 1. The topological polar surface area (TPSA) is 57.5 Å². The lowest BCUT2D eigenvalue weighted by atomic mass is 10.1. The zero-order valence-electron chi connectivity index (χ0n) is 11.2. The van der Waals surface area contributed by atoms with Crippen molar-refractivity contribution in [2.45, 2.75) is 65.2 Å². The molecule has 17 heavy (non-hydrogen) atoms. The van der Waals surface area contributed by atoms with Crippen LogP contribution in [0, 0.1) is 11.8 Å². The summed E-state index contributed by atoms with van der Waals surface area (Å²) in [6.07, 6.45) is 9.60. The van der Waals surface area contributed by atoms with Gasteiger partial charge in [-0.25, -0.2) is 0 Å². The highest BCUT2D eigenvalue weighted by atomic mass is 16.4. The fraction of sp³-hybridized carbons (Fsp3) is 0.786. The molecule has 0 atom stereocenters. The van der Waals surface area contributed by atoms with E-state index in [4.69, 9.17) is 15.0 Å². The van der Waals surface area contributed by atoms with Crippen molar-refractivity contribution >= 4 is 5.97 Å². The molecule has 0 rings (SSSR count). The summed E-state index contributed by atoms with van der Waals surface area (Å²) in [5.74, 6) is 5.17. The van der Waals surface area contributed by atoms with Gasteiger partial charge in [-0.2, -0.15) is 0 Å². The second-order valence-electron chi connectivity index (χ2n) is 3.86. The Balaban J connectivity index is 0. The van der Waals surface area contributed by atoms with Crippen molar-refractivity contribution in [3.8, 4) is 11.8 Å². The van der Waals surface area contributed by atoms with Gasteiger partial charge in [0.05, 0.1) is 6.61 Å². The third-order valence-electron chi connectivity index (χ3n) is 2.02. The molecule has 0 amide bonds. The first-order valence-electron chi connectivity index (χ1n) is 6.41.